The molecule has 0 aliphatic heterocycles. The van der Waals surface area contributed by atoms with Crippen molar-refractivity contribution in [3.05, 3.63) is 103 Å². The summed E-state index contributed by atoms with van der Waals surface area (Å²) in [5, 5.41) is 23.1. The van der Waals surface area contributed by atoms with Gasteiger partial charge in [0.1, 0.15) is 0 Å². The summed E-state index contributed by atoms with van der Waals surface area (Å²) in [6, 6.07) is 17.6. The van der Waals surface area contributed by atoms with Crippen LogP contribution in [0.5, 0.6) is 0 Å². The van der Waals surface area contributed by atoms with E-state index in [9.17, 15) is 9.59 Å². The Hall–Kier alpha value is -3.66. The fraction of sp³-hybridized carbons (Fsp3) is 0.185. The van der Waals surface area contributed by atoms with Crippen molar-refractivity contribution in [1.29, 1.82) is 0 Å². The predicted octanol–water partition coefficient (Wildman–Crippen LogP) is 3.82. The summed E-state index contributed by atoms with van der Waals surface area (Å²) in [7, 11) is 0. The third kappa shape index (κ3) is 4.02. The summed E-state index contributed by atoms with van der Waals surface area (Å²) < 4.78 is 0. The standard InChI is InChI=1S/C18H16.C9H8O4/c1-3-7-15-13(5-1)9-11-18-16-8-4-2-6-14(16)10-12-17(15)18;1-5-6(8(10)11)3-2-4-7(5)9(12)13/h1,3,5-7,9-10,12H,2,4,8,11H2;2-4H,1H3,(H,10,11)(H,12,13). The first-order chi connectivity index (χ1) is 15.0. The maximum Gasteiger partial charge on any atom is 0.335 e. The molecule has 0 radical (unpaired) electrons. The van der Waals surface area contributed by atoms with E-state index in [4.69, 9.17) is 10.2 Å². The third-order valence-electron chi connectivity index (χ3n) is 6.03. The van der Waals surface area contributed by atoms with Gasteiger partial charge in [0.15, 0.2) is 0 Å². The molecule has 0 saturated heterocycles. The first-order valence-corrected chi connectivity index (χ1v) is 10.4. The number of benzene rings is 3. The molecule has 0 fully saturated rings. The summed E-state index contributed by atoms with van der Waals surface area (Å²) in [5.41, 5.74) is 3.51. The van der Waals surface area contributed by atoms with E-state index < -0.39 is 11.9 Å². The minimum Gasteiger partial charge on any atom is -0.478 e. The quantitative estimate of drug-likeness (QED) is 0.671. The van der Waals surface area contributed by atoms with E-state index in [0.29, 0.717) is 0 Å². The Balaban J connectivity index is 0.000000159. The van der Waals surface area contributed by atoms with Gasteiger partial charge in [-0.3, -0.25) is 0 Å². The second-order valence-electron chi connectivity index (χ2n) is 7.84. The maximum atomic E-state index is 10.6. The molecule has 0 spiro atoms. The molecule has 0 unspecified atom stereocenters. The van der Waals surface area contributed by atoms with Crippen LogP contribution >= 0.6 is 0 Å². The van der Waals surface area contributed by atoms with Gasteiger partial charge in [-0.1, -0.05) is 54.6 Å². The third-order valence-corrected chi connectivity index (χ3v) is 6.03. The Labute approximate surface area is 180 Å². The molecule has 0 amide bonds. The van der Waals surface area contributed by atoms with Crippen molar-refractivity contribution in [1.82, 2.24) is 0 Å². The van der Waals surface area contributed by atoms with Crippen molar-refractivity contribution >= 4 is 24.1 Å². The minimum atomic E-state index is -1.11. The number of carbonyl (C=O) groups is 2. The summed E-state index contributed by atoms with van der Waals surface area (Å²) in [6.45, 7) is 1.48. The second kappa shape index (κ2) is 8.60. The van der Waals surface area contributed by atoms with E-state index in [1.807, 2.05) is 0 Å². The first-order valence-electron chi connectivity index (χ1n) is 10.4. The molecule has 0 atom stereocenters. The molecule has 0 aromatic heterocycles. The normalized spacial score (nSPS) is 13.2. The Morgan fingerprint density at radius 3 is 2.16 bits per heavy atom. The maximum absolute atomic E-state index is 10.6. The Kier molecular flexibility index (Phi) is 5.72. The van der Waals surface area contributed by atoms with Crippen LogP contribution in [0, 0.1) is 17.4 Å². The van der Waals surface area contributed by atoms with E-state index in [2.05, 4.69) is 48.6 Å². The average molecular weight is 412 g/mol. The van der Waals surface area contributed by atoms with Gasteiger partial charge in [-0.15, -0.1) is 0 Å². The smallest absolute Gasteiger partial charge is 0.335 e. The number of carboxylic acids is 2. The van der Waals surface area contributed by atoms with Crippen LogP contribution in [0.4, 0.5) is 0 Å². The number of hydrogen-bond donors (Lipinski definition) is 2. The lowest BCUT2D eigenvalue weighted by Crippen LogP contribution is -2.19. The van der Waals surface area contributed by atoms with Crippen LogP contribution in [0.15, 0.2) is 54.6 Å². The first kappa shape index (κ1) is 20.6. The fourth-order valence-electron chi connectivity index (χ4n) is 4.45. The summed E-state index contributed by atoms with van der Waals surface area (Å²) in [5.74, 6) is -2.22. The molecule has 31 heavy (non-hydrogen) atoms. The van der Waals surface area contributed by atoms with E-state index in [1.54, 1.807) is 11.1 Å². The molecule has 5 rings (SSSR count). The number of rotatable bonds is 2. The SMILES string of the molecule is C1=c2ccc3c(c2CCC1)CC=c1ccccc1=3.Cc1c(C(=O)O)cccc1C(=O)O. The van der Waals surface area contributed by atoms with Crippen LogP contribution < -0.4 is 10.4 Å². The van der Waals surface area contributed by atoms with Gasteiger partial charge in [0.05, 0.1) is 11.1 Å². The van der Waals surface area contributed by atoms with Gasteiger partial charge in [-0.25, -0.2) is 9.59 Å². The number of hydrogen-bond acceptors (Lipinski definition) is 2. The topological polar surface area (TPSA) is 74.6 Å². The zero-order valence-electron chi connectivity index (χ0n) is 17.4. The molecule has 156 valence electrons. The van der Waals surface area contributed by atoms with Crippen LogP contribution in [0.2, 0.25) is 0 Å². The van der Waals surface area contributed by atoms with Crippen LogP contribution in [-0.2, 0) is 12.8 Å². The highest BCUT2D eigenvalue weighted by Crippen LogP contribution is 2.17. The highest BCUT2D eigenvalue weighted by atomic mass is 16.4. The fourth-order valence-corrected chi connectivity index (χ4v) is 4.45. The van der Waals surface area contributed by atoms with Crippen molar-refractivity contribution in [2.24, 2.45) is 0 Å². The van der Waals surface area contributed by atoms with Gasteiger partial charge in [0.25, 0.3) is 0 Å². The Morgan fingerprint density at radius 1 is 0.742 bits per heavy atom. The van der Waals surface area contributed by atoms with Crippen LogP contribution in [0.1, 0.15) is 50.2 Å². The molecule has 3 aromatic carbocycles. The van der Waals surface area contributed by atoms with Crippen LogP contribution in [0.25, 0.3) is 12.2 Å². The van der Waals surface area contributed by atoms with Crippen molar-refractivity contribution < 1.29 is 19.8 Å². The number of fused-ring (bicyclic) bond motifs is 4. The van der Waals surface area contributed by atoms with E-state index in [1.165, 1.54) is 65.3 Å². The predicted molar refractivity (Wildman–Crippen MR) is 120 cm³/mol. The summed E-state index contributed by atoms with van der Waals surface area (Å²) in [4.78, 5) is 21.2. The molecule has 4 heteroatoms. The summed E-state index contributed by atoms with van der Waals surface area (Å²) >= 11 is 0. The van der Waals surface area contributed by atoms with Crippen molar-refractivity contribution in [3.8, 4) is 0 Å². The highest BCUT2D eigenvalue weighted by molar-refractivity contribution is 5.96. The molecular weight excluding hydrogens is 388 g/mol. The minimum absolute atomic E-state index is 0.0277. The van der Waals surface area contributed by atoms with Crippen molar-refractivity contribution in [3.63, 3.8) is 0 Å². The molecular formula is C27H24O4. The second-order valence-corrected chi connectivity index (χ2v) is 7.84. The van der Waals surface area contributed by atoms with E-state index in [0.717, 1.165) is 6.42 Å². The van der Waals surface area contributed by atoms with Gasteiger partial charge in [-0.05, 0) is 82.3 Å². The van der Waals surface area contributed by atoms with Gasteiger partial charge < -0.3 is 10.2 Å². The monoisotopic (exact) mass is 412 g/mol. The van der Waals surface area contributed by atoms with Crippen LogP contribution in [-0.4, -0.2) is 22.2 Å². The van der Waals surface area contributed by atoms with Crippen LogP contribution in [0.3, 0.4) is 0 Å². The summed E-state index contributed by atoms with van der Waals surface area (Å²) in [6.07, 6.45) is 9.69. The van der Waals surface area contributed by atoms with Gasteiger partial charge in [0, 0.05) is 0 Å². The van der Waals surface area contributed by atoms with E-state index in [-0.39, 0.29) is 16.7 Å². The lowest BCUT2D eigenvalue weighted by Gasteiger charge is -2.16. The van der Waals surface area contributed by atoms with Crippen molar-refractivity contribution in [2.45, 2.75) is 32.6 Å². The average Bonchev–Trinajstić information content (AvgIpc) is 2.79. The molecule has 0 saturated carbocycles. The van der Waals surface area contributed by atoms with Gasteiger partial charge >= 0.3 is 11.9 Å². The zero-order chi connectivity index (χ0) is 22.0. The lowest BCUT2D eigenvalue weighted by molar-refractivity contribution is 0.0696. The molecule has 2 aliphatic carbocycles. The molecule has 2 N–H and O–H groups in total. The molecule has 0 bridgehead atoms. The van der Waals surface area contributed by atoms with Gasteiger partial charge in [0.2, 0.25) is 0 Å². The van der Waals surface area contributed by atoms with Crippen molar-refractivity contribution in [2.75, 3.05) is 0 Å². The van der Waals surface area contributed by atoms with Gasteiger partial charge in [-0.2, -0.15) is 0 Å². The Bertz CT molecular complexity index is 1370. The number of aromatic carboxylic acids is 2. The zero-order valence-corrected chi connectivity index (χ0v) is 17.4. The molecule has 2 aliphatic rings. The molecule has 4 nitrogen and oxygen atoms in total. The van der Waals surface area contributed by atoms with E-state index >= 15 is 0 Å². The molecule has 3 aromatic rings. The largest absolute Gasteiger partial charge is 0.478 e. The molecule has 0 heterocycles. The Morgan fingerprint density at radius 2 is 1.45 bits per heavy atom. The number of carboxylic acid groups (broad SMARTS) is 2. The highest BCUT2D eigenvalue weighted by Gasteiger charge is 2.13. The lowest BCUT2D eigenvalue weighted by atomic mass is 9.89.